The molecule has 0 aromatic carbocycles. The van der Waals surface area contributed by atoms with Gasteiger partial charge in [-0.2, -0.15) is 0 Å². The van der Waals surface area contributed by atoms with Gasteiger partial charge < -0.3 is 15.3 Å². The molecule has 3 heteroatoms. The third kappa shape index (κ3) is 4.40. The van der Waals surface area contributed by atoms with Crippen molar-refractivity contribution in [3.63, 3.8) is 0 Å². The Hall–Kier alpha value is -0.120. The van der Waals surface area contributed by atoms with Crippen LogP contribution in [0.15, 0.2) is 0 Å². The molecule has 1 atom stereocenters. The first kappa shape index (κ1) is 12.0. The third-order valence-corrected chi connectivity index (χ3v) is 3.04. The highest BCUT2D eigenvalue weighted by molar-refractivity contribution is 4.74. The second-order valence-electron chi connectivity index (χ2n) is 4.09. The molecule has 1 unspecified atom stereocenters. The summed E-state index contributed by atoms with van der Waals surface area (Å²) in [7, 11) is 0. The molecule has 0 aromatic rings. The number of aliphatic hydroxyl groups is 1. The van der Waals surface area contributed by atoms with Gasteiger partial charge in [0.2, 0.25) is 0 Å². The Labute approximate surface area is 87.5 Å². The van der Waals surface area contributed by atoms with Crippen molar-refractivity contribution in [1.29, 1.82) is 0 Å². The second kappa shape index (κ2) is 7.21. The number of nitrogens with zero attached hydrogens (tertiary/aromatic N) is 1. The van der Waals surface area contributed by atoms with E-state index in [0.717, 1.165) is 13.0 Å². The van der Waals surface area contributed by atoms with Gasteiger partial charge in [-0.05, 0) is 51.9 Å². The summed E-state index contributed by atoms with van der Waals surface area (Å²) in [6.45, 7) is 7.18. The molecule has 1 saturated heterocycles. The largest absolute Gasteiger partial charge is 0.396 e. The number of nitrogens with one attached hydrogen (secondary N) is 1. The fourth-order valence-electron chi connectivity index (χ4n) is 2.06. The molecule has 1 aliphatic heterocycles. The normalized spacial score (nSPS) is 24.9. The lowest BCUT2D eigenvalue weighted by atomic mass is 10.1. The van der Waals surface area contributed by atoms with Gasteiger partial charge in [0.25, 0.3) is 0 Å². The van der Waals surface area contributed by atoms with Gasteiger partial charge in [0.05, 0.1) is 0 Å². The lowest BCUT2D eigenvalue weighted by Gasteiger charge is -2.18. The van der Waals surface area contributed by atoms with Gasteiger partial charge in [0.15, 0.2) is 0 Å². The van der Waals surface area contributed by atoms with Crippen LogP contribution in [0.4, 0.5) is 0 Å². The predicted octanol–water partition coefficient (Wildman–Crippen LogP) is 0.833. The van der Waals surface area contributed by atoms with Crippen molar-refractivity contribution in [3.05, 3.63) is 0 Å². The van der Waals surface area contributed by atoms with Crippen LogP contribution in [0.2, 0.25) is 0 Å². The molecule has 0 aromatic heterocycles. The molecule has 0 saturated carbocycles. The Bertz CT molecular complexity index is 141. The molecule has 1 rings (SSSR count). The first-order valence-corrected chi connectivity index (χ1v) is 5.93. The summed E-state index contributed by atoms with van der Waals surface area (Å²) >= 11 is 0. The summed E-state index contributed by atoms with van der Waals surface area (Å²) in [6.07, 6.45) is 4.75. The van der Waals surface area contributed by atoms with Gasteiger partial charge in [-0.3, -0.25) is 0 Å². The van der Waals surface area contributed by atoms with E-state index in [4.69, 9.17) is 5.11 Å². The summed E-state index contributed by atoms with van der Waals surface area (Å²) in [5.74, 6) is 0. The van der Waals surface area contributed by atoms with E-state index in [9.17, 15) is 0 Å². The van der Waals surface area contributed by atoms with Crippen LogP contribution in [0.5, 0.6) is 0 Å². The average molecular weight is 200 g/mol. The minimum atomic E-state index is 0.306. The quantitative estimate of drug-likeness (QED) is 0.645. The minimum Gasteiger partial charge on any atom is -0.396 e. The Morgan fingerprint density at radius 1 is 1.36 bits per heavy atom. The standard InChI is InChI=1S/C11H24N2O/c1-2-13-8-3-5-11(6-9-13)12-7-4-10-14/h11-12,14H,2-10H2,1H3. The van der Waals surface area contributed by atoms with Gasteiger partial charge in [-0.15, -0.1) is 0 Å². The van der Waals surface area contributed by atoms with E-state index >= 15 is 0 Å². The highest BCUT2D eigenvalue weighted by Crippen LogP contribution is 2.10. The van der Waals surface area contributed by atoms with Crippen LogP contribution in [0.25, 0.3) is 0 Å². The summed E-state index contributed by atoms with van der Waals surface area (Å²) in [6, 6.07) is 0.679. The number of likely N-dealkylation sites (tertiary alicyclic amines) is 1. The minimum absolute atomic E-state index is 0.306. The first-order chi connectivity index (χ1) is 6.86. The molecular weight excluding hydrogens is 176 g/mol. The van der Waals surface area contributed by atoms with E-state index in [0.29, 0.717) is 12.6 Å². The maximum Gasteiger partial charge on any atom is 0.0443 e. The van der Waals surface area contributed by atoms with Gasteiger partial charge in [-0.25, -0.2) is 0 Å². The maximum atomic E-state index is 8.68. The molecule has 84 valence electrons. The van der Waals surface area contributed by atoms with Crippen LogP contribution in [0.3, 0.4) is 0 Å². The van der Waals surface area contributed by atoms with Gasteiger partial charge in [-0.1, -0.05) is 6.92 Å². The van der Waals surface area contributed by atoms with E-state index < -0.39 is 0 Å². The predicted molar refractivity (Wildman–Crippen MR) is 59.5 cm³/mol. The van der Waals surface area contributed by atoms with Gasteiger partial charge in [0, 0.05) is 12.6 Å². The summed E-state index contributed by atoms with van der Waals surface area (Å²) in [4.78, 5) is 2.52. The van der Waals surface area contributed by atoms with E-state index in [1.54, 1.807) is 0 Å². The van der Waals surface area contributed by atoms with Crippen molar-refractivity contribution in [1.82, 2.24) is 10.2 Å². The van der Waals surface area contributed by atoms with Crippen LogP contribution in [0.1, 0.15) is 32.6 Å². The van der Waals surface area contributed by atoms with Crippen LogP contribution >= 0.6 is 0 Å². The Kier molecular flexibility index (Phi) is 6.15. The first-order valence-electron chi connectivity index (χ1n) is 5.93. The molecule has 0 radical (unpaired) electrons. The number of hydrogen-bond donors (Lipinski definition) is 2. The summed E-state index contributed by atoms with van der Waals surface area (Å²) in [5.41, 5.74) is 0. The Morgan fingerprint density at radius 2 is 2.21 bits per heavy atom. The smallest absolute Gasteiger partial charge is 0.0443 e. The summed E-state index contributed by atoms with van der Waals surface area (Å²) in [5, 5.41) is 12.2. The number of hydrogen-bond acceptors (Lipinski definition) is 3. The molecular formula is C11H24N2O. The van der Waals surface area contributed by atoms with Crippen molar-refractivity contribution < 1.29 is 5.11 Å². The number of aliphatic hydroxyl groups excluding tert-OH is 1. The molecule has 14 heavy (non-hydrogen) atoms. The lowest BCUT2D eigenvalue weighted by Crippen LogP contribution is -2.31. The Morgan fingerprint density at radius 3 is 2.93 bits per heavy atom. The SMILES string of the molecule is CCN1CCCC(NCCCO)CC1. The van der Waals surface area contributed by atoms with Crippen molar-refractivity contribution in [2.45, 2.75) is 38.6 Å². The molecule has 0 bridgehead atoms. The van der Waals surface area contributed by atoms with Gasteiger partial charge >= 0.3 is 0 Å². The molecule has 1 heterocycles. The topological polar surface area (TPSA) is 35.5 Å². The monoisotopic (exact) mass is 200 g/mol. The lowest BCUT2D eigenvalue weighted by molar-refractivity contribution is 0.279. The molecule has 2 N–H and O–H groups in total. The average Bonchev–Trinajstić information content (AvgIpc) is 2.43. The van der Waals surface area contributed by atoms with Crippen LogP contribution < -0.4 is 5.32 Å². The van der Waals surface area contributed by atoms with E-state index in [1.165, 1.54) is 38.9 Å². The zero-order valence-electron chi connectivity index (χ0n) is 9.34. The van der Waals surface area contributed by atoms with E-state index in [-0.39, 0.29) is 0 Å². The van der Waals surface area contributed by atoms with Crippen molar-refractivity contribution >= 4 is 0 Å². The van der Waals surface area contributed by atoms with Crippen LogP contribution in [-0.2, 0) is 0 Å². The highest BCUT2D eigenvalue weighted by atomic mass is 16.3. The summed E-state index contributed by atoms with van der Waals surface area (Å²) < 4.78 is 0. The molecule has 0 spiro atoms. The second-order valence-corrected chi connectivity index (χ2v) is 4.09. The third-order valence-electron chi connectivity index (χ3n) is 3.04. The van der Waals surface area contributed by atoms with E-state index in [1.807, 2.05) is 0 Å². The van der Waals surface area contributed by atoms with Crippen molar-refractivity contribution in [3.8, 4) is 0 Å². The molecule has 1 aliphatic rings. The maximum absolute atomic E-state index is 8.68. The number of rotatable bonds is 5. The zero-order valence-corrected chi connectivity index (χ0v) is 9.34. The Balaban J connectivity index is 2.14. The molecule has 0 amide bonds. The zero-order chi connectivity index (χ0) is 10.2. The highest BCUT2D eigenvalue weighted by Gasteiger charge is 2.14. The fourth-order valence-corrected chi connectivity index (χ4v) is 2.06. The van der Waals surface area contributed by atoms with E-state index in [2.05, 4.69) is 17.1 Å². The van der Waals surface area contributed by atoms with Crippen molar-refractivity contribution in [2.75, 3.05) is 32.8 Å². The van der Waals surface area contributed by atoms with Crippen molar-refractivity contribution in [2.24, 2.45) is 0 Å². The fraction of sp³-hybridized carbons (Fsp3) is 1.00. The molecule has 0 aliphatic carbocycles. The van der Waals surface area contributed by atoms with Gasteiger partial charge in [0.1, 0.15) is 0 Å². The molecule has 1 fully saturated rings. The van der Waals surface area contributed by atoms with Crippen LogP contribution in [0, 0.1) is 0 Å². The molecule has 3 nitrogen and oxygen atoms in total. The van der Waals surface area contributed by atoms with Crippen LogP contribution in [-0.4, -0.2) is 48.8 Å².